The Morgan fingerprint density at radius 2 is 1.08 bits per heavy atom. The molecule has 2 aliphatic rings. The molecular weight excluding hydrogens is 388 g/mol. The highest BCUT2D eigenvalue weighted by Gasteiger charge is 2.52. The van der Waals surface area contributed by atoms with E-state index in [1.165, 1.54) is 47.6 Å². The van der Waals surface area contributed by atoms with Crippen LogP contribution in [0.5, 0.6) is 0 Å². The fourth-order valence-corrected chi connectivity index (χ4v) is 6.50. The van der Waals surface area contributed by atoms with E-state index < -0.39 is 0 Å². The standard InChI is InChI=1S/C23H13BrS/c24-21-13-20-22(25-21)16-9-3-6-12-19(16)23(20)17-10-4-1-7-14(17)15-8-2-5-11-18(15)23/h1-13H. The summed E-state index contributed by atoms with van der Waals surface area (Å²) in [5.41, 5.74) is 9.58. The van der Waals surface area contributed by atoms with E-state index in [4.69, 9.17) is 0 Å². The lowest BCUT2D eigenvalue weighted by Crippen LogP contribution is -2.25. The summed E-state index contributed by atoms with van der Waals surface area (Å²) in [6.07, 6.45) is 0. The average Bonchev–Trinajstić information content (AvgIpc) is 3.26. The Balaban J connectivity index is 1.88. The van der Waals surface area contributed by atoms with Gasteiger partial charge >= 0.3 is 0 Å². The van der Waals surface area contributed by atoms with Crippen molar-refractivity contribution in [3.8, 4) is 21.6 Å². The molecule has 4 aromatic rings. The first kappa shape index (κ1) is 14.1. The van der Waals surface area contributed by atoms with Crippen molar-refractivity contribution in [2.45, 2.75) is 5.41 Å². The second-order valence-corrected chi connectivity index (χ2v) is 9.11. The Hall–Kier alpha value is -2.16. The molecule has 2 aliphatic carbocycles. The lowest BCUT2D eigenvalue weighted by Gasteiger charge is -2.29. The van der Waals surface area contributed by atoms with E-state index in [0.717, 1.165) is 0 Å². The second kappa shape index (κ2) is 4.72. The first-order valence-corrected chi connectivity index (χ1v) is 10.0. The highest BCUT2D eigenvalue weighted by molar-refractivity contribution is 9.11. The topological polar surface area (TPSA) is 0 Å². The Morgan fingerprint density at radius 3 is 1.68 bits per heavy atom. The summed E-state index contributed by atoms with van der Waals surface area (Å²) in [4.78, 5) is 1.40. The van der Waals surface area contributed by atoms with Crippen LogP contribution < -0.4 is 0 Å². The van der Waals surface area contributed by atoms with Crippen LogP contribution in [0, 0.1) is 0 Å². The molecule has 3 aromatic carbocycles. The minimum Gasteiger partial charge on any atom is -0.128 e. The van der Waals surface area contributed by atoms with Gasteiger partial charge in [0.2, 0.25) is 0 Å². The molecule has 6 rings (SSSR count). The Kier molecular flexibility index (Phi) is 2.65. The number of thiophene rings is 1. The van der Waals surface area contributed by atoms with Crippen LogP contribution in [0.2, 0.25) is 0 Å². The highest BCUT2D eigenvalue weighted by Crippen LogP contribution is 2.64. The van der Waals surface area contributed by atoms with E-state index in [0.29, 0.717) is 0 Å². The van der Waals surface area contributed by atoms with Crippen LogP contribution in [0.3, 0.4) is 0 Å². The Labute approximate surface area is 158 Å². The van der Waals surface area contributed by atoms with Crippen molar-refractivity contribution < 1.29 is 0 Å². The van der Waals surface area contributed by atoms with Gasteiger partial charge in [-0.25, -0.2) is 0 Å². The normalized spacial score (nSPS) is 14.9. The number of fused-ring (bicyclic) bond motifs is 10. The van der Waals surface area contributed by atoms with E-state index in [1.807, 2.05) is 11.3 Å². The third-order valence-electron chi connectivity index (χ3n) is 5.63. The highest BCUT2D eigenvalue weighted by atomic mass is 79.9. The van der Waals surface area contributed by atoms with Gasteiger partial charge in [-0.15, -0.1) is 11.3 Å². The lowest BCUT2D eigenvalue weighted by molar-refractivity contribution is 0.795. The molecule has 0 atom stereocenters. The van der Waals surface area contributed by atoms with Crippen LogP contribution in [0.15, 0.2) is 82.6 Å². The van der Waals surface area contributed by atoms with Crippen LogP contribution >= 0.6 is 27.3 Å². The zero-order valence-corrected chi connectivity index (χ0v) is 15.7. The minimum absolute atomic E-state index is 0.179. The predicted molar refractivity (Wildman–Crippen MR) is 108 cm³/mol. The van der Waals surface area contributed by atoms with Gasteiger partial charge in [-0.1, -0.05) is 72.8 Å². The zero-order chi connectivity index (χ0) is 16.6. The fourth-order valence-electron chi connectivity index (χ4n) is 4.81. The maximum absolute atomic E-state index is 3.74. The SMILES string of the molecule is Brc1cc2c(s1)-c1ccccc1C21c2ccccc2-c2ccccc21. The summed E-state index contributed by atoms with van der Waals surface area (Å²) >= 11 is 5.58. The molecule has 0 saturated carbocycles. The van der Waals surface area contributed by atoms with Gasteiger partial charge in [0.1, 0.15) is 0 Å². The molecule has 25 heavy (non-hydrogen) atoms. The molecule has 1 spiro atoms. The second-order valence-electron chi connectivity index (χ2n) is 6.68. The van der Waals surface area contributed by atoms with Crippen LogP contribution in [0.25, 0.3) is 21.6 Å². The van der Waals surface area contributed by atoms with Crippen LogP contribution in [-0.4, -0.2) is 0 Å². The molecule has 118 valence electrons. The number of rotatable bonds is 0. The van der Waals surface area contributed by atoms with Crippen molar-refractivity contribution in [1.29, 1.82) is 0 Å². The van der Waals surface area contributed by atoms with Gasteiger partial charge in [0, 0.05) is 4.88 Å². The van der Waals surface area contributed by atoms with Gasteiger partial charge in [0.05, 0.1) is 9.20 Å². The predicted octanol–water partition coefficient (Wildman–Crippen LogP) is 6.85. The molecule has 0 unspecified atom stereocenters. The molecule has 0 bridgehead atoms. The van der Waals surface area contributed by atoms with E-state index >= 15 is 0 Å². The molecule has 0 N–H and O–H groups in total. The van der Waals surface area contributed by atoms with Crippen molar-refractivity contribution in [3.05, 3.63) is 105 Å². The third-order valence-corrected chi connectivity index (χ3v) is 7.31. The fraction of sp³-hybridized carbons (Fsp3) is 0.0435. The van der Waals surface area contributed by atoms with E-state index in [1.54, 1.807) is 0 Å². The van der Waals surface area contributed by atoms with Gasteiger partial charge in [-0.3, -0.25) is 0 Å². The van der Waals surface area contributed by atoms with Crippen molar-refractivity contribution >= 4 is 27.3 Å². The summed E-state index contributed by atoms with van der Waals surface area (Å²) in [5, 5.41) is 0. The number of benzene rings is 3. The maximum atomic E-state index is 3.74. The van der Waals surface area contributed by atoms with E-state index in [-0.39, 0.29) is 5.41 Å². The zero-order valence-electron chi connectivity index (χ0n) is 13.3. The summed E-state index contributed by atoms with van der Waals surface area (Å²) < 4.78 is 1.20. The quantitative estimate of drug-likeness (QED) is 0.261. The Bertz CT molecular complexity index is 1120. The van der Waals surface area contributed by atoms with Gasteiger partial charge in [-0.05, 0) is 60.9 Å². The summed E-state index contributed by atoms with van der Waals surface area (Å²) in [5.74, 6) is 0. The molecule has 0 nitrogen and oxygen atoms in total. The molecular formula is C23H13BrS. The molecule has 0 aliphatic heterocycles. The van der Waals surface area contributed by atoms with Crippen molar-refractivity contribution in [1.82, 2.24) is 0 Å². The number of hydrogen-bond donors (Lipinski definition) is 0. The van der Waals surface area contributed by atoms with Gasteiger partial charge < -0.3 is 0 Å². The maximum Gasteiger partial charge on any atom is 0.0734 e. The molecule has 2 heteroatoms. The molecule has 0 amide bonds. The summed E-state index contributed by atoms with van der Waals surface area (Å²) in [6.45, 7) is 0. The van der Waals surface area contributed by atoms with E-state index in [2.05, 4.69) is 94.8 Å². The molecule has 0 saturated heterocycles. The van der Waals surface area contributed by atoms with Gasteiger partial charge in [-0.2, -0.15) is 0 Å². The smallest absolute Gasteiger partial charge is 0.0734 e. The number of hydrogen-bond acceptors (Lipinski definition) is 1. The molecule has 1 heterocycles. The third kappa shape index (κ3) is 1.53. The van der Waals surface area contributed by atoms with Gasteiger partial charge in [0.15, 0.2) is 0 Å². The minimum atomic E-state index is -0.179. The lowest BCUT2D eigenvalue weighted by atomic mass is 9.71. The van der Waals surface area contributed by atoms with Crippen molar-refractivity contribution in [3.63, 3.8) is 0 Å². The Morgan fingerprint density at radius 1 is 0.600 bits per heavy atom. The molecule has 1 aromatic heterocycles. The number of halogens is 1. The summed E-state index contributed by atoms with van der Waals surface area (Å²) in [6, 6.07) is 29.1. The largest absolute Gasteiger partial charge is 0.128 e. The van der Waals surface area contributed by atoms with Crippen LogP contribution in [0.4, 0.5) is 0 Å². The first-order valence-electron chi connectivity index (χ1n) is 8.41. The van der Waals surface area contributed by atoms with E-state index in [9.17, 15) is 0 Å². The van der Waals surface area contributed by atoms with Crippen molar-refractivity contribution in [2.75, 3.05) is 0 Å². The first-order chi connectivity index (χ1) is 12.3. The molecule has 0 fully saturated rings. The van der Waals surface area contributed by atoms with Crippen LogP contribution in [0.1, 0.15) is 22.3 Å². The average molecular weight is 401 g/mol. The van der Waals surface area contributed by atoms with Gasteiger partial charge in [0.25, 0.3) is 0 Å². The molecule has 0 radical (unpaired) electrons. The monoisotopic (exact) mass is 400 g/mol. The summed E-state index contributed by atoms with van der Waals surface area (Å²) in [7, 11) is 0. The van der Waals surface area contributed by atoms with Crippen LogP contribution in [-0.2, 0) is 5.41 Å². The van der Waals surface area contributed by atoms with Crippen molar-refractivity contribution in [2.24, 2.45) is 0 Å².